The van der Waals surface area contributed by atoms with Gasteiger partial charge >= 0.3 is 5.97 Å². The normalized spacial score (nSPS) is 14.7. The van der Waals surface area contributed by atoms with E-state index in [1.54, 1.807) is 47.9 Å². The predicted octanol–water partition coefficient (Wildman–Crippen LogP) is 5.65. The second-order valence-corrected chi connectivity index (χ2v) is 10.8. The van der Waals surface area contributed by atoms with Crippen LogP contribution in [-0.2, 0) is 16.1 Å². The molecule has 2 heterocycles. The molecule has 0 unspecified atom stereocenters. The molecule has 6 nitrogen and oxygen atoms in total. The number of carbonyl (C=O) groups excluding carboxylic acids is 1. The molecule has 0 amide bonds. The number of hydrogen-bond donors (Lipinski definition) is 0. The van der Waals surface area contributed by atoms with Crippen molar-refractivity contribution in [2.75, 3.05) is 6.61 Å². The van der Waals surface area contributed by atoms with Crippen LogP contribution in [0.4, 0.5) is 4.39 Å². The molecule has 0 radical (unpaired) electrons. The molecule has 43 heavy (non-hydrogen) atoms. The zero-order chi connectivity index (χ0) is 29.8. The number of hydrogen-bond acceptors (Lipinski definition) is 6. The fourth-order valence-electron chi connectivity index (χ4n) is 4.98. The van der Waals surface area contributed by atoms with Gasteiger partial charge in [-0.15, -0.1) is 0 Å². The molecule has 0 saturated heterocycles. The Labute approximate surface area is 251 Å². The Morgan fingerprint density at radius 3 is 2.30 bits per heavy atom. The first-order valence-corrected chi connectivity index (χ1v) is 14.6. The molecule has 1 aliphatic rings. The number of benzene rings is 4. The van der Waals surface area contributed by atoms with Crippen molar-refractivity contribution in [2.45, 2.75) is 19.6 Å². The van der Waals surface area contributed by atoms with Crippen molar-refractivity contribution < 1.29 is 18.7 Å². The van der Waals surface area contributed by atoms with Gasteiger partial charge in [0.05, 0.1) is 28.5 Å². The van der Waals surface area contributed by atoms with E-state index in [0.717, 1.165) is 16.7 Å². The Bertz CT molecular complexity index is 1980. The predicted molar refractivity (Wildman–Crippen MR) is 165 cm³/mol. The molecule has 1 atom stereocenters. The van der Waals surface area contributed by atoms with E-state index >= 15 is 0 Å². The molecule has 1 aliphatic heterocycles. The average Bonchev–Trinajstić information content (AvgIpc) is 3.35. The van der Waals surface area contributed by atoms with E-state index in [2.05, 4.69) is 0 Å². The van der Waals surface area contributed by atoms with Crippen molar-refractivity contribution in [3.05, 3.63) is 163 Å². The first-order chi connectivity index (χ1) is 21.0. The van der Waals surface area contributed by atoms with Crippen LogP contribution < -0.4 is 19.6 Å². The van der Waals surface area contributed by atoms with E-state index in [4.69, 9.17) is 14.5 Å². The van der Waals surface area contributed by atoms with E-state index in [9.17, 15) is 14.0 Å². The molecule has 0 N–H and O–H groups in total. The largest absolute Gasteiger partial charge is 0.489 e. The second kappa shape index (κ2) is 12.4. The molecule has 1 aromatic heterocycles. The molecule has 8 heteroatoms. The number of carbonyl (C=O) groups is 1. The summed E-state index contributed by atoms with van der Waals surface area (Å²) in [6.07, 6.45) is 1.79. The zero-order valence-electron chi connectivity index (χ0n) is 23.3. The van der Waals surface area contributed by atoms with Crippen LogP contribution in [0.5, 0.6) is 5.75 Å². The number of rotatable bonds is 8. The number of ether oxygens (including phenoxy) is 2. The summed E-state index contributed by atoms with van der Waals surface area (Å²) >= 11 is 1.26. The van der Waals surface area contributed by atoms with Crippen molar-refractivity contribution in [3.8, 4) is 5.75 Å². The topological polar surface area (TPSA) is 69.9 Å². The number of esters is 1. The van der Waals surface area contributed by atoms with Gasteiger partial charge in [-0.2, -0.15) is 0 Å². The summed E-state index contributed by atoms with van der Waals surface area (Å²) in [7, 11) is 0. The van der Waals surface area contributed by atoms with Crippen LogP contribution in [0.25, 0.3) is 11.8 Å². The fourth-order valence-corrected chi connectivity index (χ4v) is 5.98. The SMILES string of the molecule is CCOC(=O)C1=C(c2ccccc2)N=c2s/c(=C\c3ccc(OCc4ccccc4F)cc3)c(=O)n2[C@@H]1c1ccccc1. The van der Waals surface area contributed by atoms with Crippen molar-refractivity contribution in [3.63, 3.8) is 0 Å². The molecule has 0 fully saturated rings. The maximum absolute atomic E-state index is 14.0. The van der Waals surface area contributed by atoms with Crippen LogP contribution in [0.1, 0.15) is 35.2 Å². The highest BCUT2D eigenvalue weighted by atomic mass is 32.1. The highest BCUT2D eigenvalue weighted by Crippen LogP contribution is 2.35. The minimum atomic E-state index is -0.719. The average molecular weight is 591 g/mol. The number of halogens is 1. The van der Waals surface area contributed by atoms with Crippen LogP contribution >= 0.6 is 11.3 Å². The first kappa shape index (κ1) is 28.1. The van der Waals surface area contributed by atoms with E-state index in [1.807, 2.05) is 72.8 Å². The van der Waals surface area contributed by atoms with Gasteiger partial charge in [-0.3, -0.25) is 9.36 Å². The Hall–Kier alpha value is -5.08. The lowest BCUT2D eigenvalue weighted by Gasteiger charge is -2.25. The summed E-state index contributed by atoms with van der Waals surface area (Å²) in [6.45, 7) is 2.05. The van der Waals surface area contributed by atoms with Crippen LogP contribution in [0.3, 0.4) is 0 Å². The molecule has 214 valence electrons. The summed E-state index contributed by atoms with van der Waals surface area (Å²) in [4.78, 5) is 32.8. The lowest BCUT2D eigenvalue weighted by atomic mass is 9.93. The van der Waals surface area contributed by atoms with Gasteiger partial charge in [0.15, 0.2) is 4.80 Å². The van der Waals surface area contributed by atoms with Gasteiger partial charge in [-0.05, 0) is 42.3 Å². The second-order valence-electron chi connectivity index (χ2n) is 9.79. The smallest absolute Gasteiger partial charge is 0.338 e. The van der Waals surface area contributed by atoms with Crippen molar-refractivity contribution >= 4 is 29.1 Å². The standard InChI is InChI=1S/C35H27FN2O4S/c1-2-41-34(40)30-31(24-11-5-3-6-12-24)37-35-38(32(30)25-13-7-4-8-14-25)33(39)29(43-35)21-23-17-19-27(20-18-23)42-22-26-15-9-10-16-28(26)36/h3-21,32H,2,22H2,1H3/b29-21-/t32-/m1/s1. The van der Waals surface area contributed by atoms with Crippen LogP contribution in [0.15, 0.2) is 125 Å². The molecule has 4 aromatic carbocycles. The third kappa shape index (κ3) is 5.82. The number of thiazole rings is 1. The van der Waals surface area contributed by atoms with Crippen LogP contribution in [0, 0.1) is 5.82 Å². The van der Waals surface area contributed by atoms with E-state index in [1.165, 1.54) is 17.4 Å². The fraction of sp³-hybridized carbons (Fsp3) is 0.114. The monoisotopic (exact) mass is 590 g/mol. The molecule has 0 aliphatic carbocycles. The van der Waals surface area contributed by atoms with E-state index in [-0.39, 0.29) is 24.6 Å². The molecular weight excluding hydrogens is 563 g/mol. The summed E-state index contributed by atoms with van der Waals surface area (Å²) in [5.41, 5.74) is 3.33. The maximum atomic E-state index is 14.0. The van der Waals surface area contributed by atoms with E-state index < -0.39 is 12.0 Å². The molecular formula is C35H27FN2O4S. The van der Waals surface area contributed by atoms with Crippen molar-refractivity contribution in [2.24, 2.45) is 4.99 Å². The Morgan fingerprint density at radius 2 is 1.60 bits per heavy atom. The summed E-state index contributed by atoms with van der Waals surface area (Å²) in [5.74, 6) is -0.249. The molecule has 0 saturated carbocycles. The molecule has 5 aromatic rings. The van der Waals surface area contributed by atoms with Crippen LogP contribution in [-0.4, -0.2) is 17.1 Å². The van der Waals surface area contributed by atoms with Crippen molar-refractivity contribution in [1.82, 2.24) is 4.57 Å². The Kier molecular flexibility index (Phi) is 8.11. The number of nitrogens with zero attached hydrogens (tertiary/aromatic N) is 2. The quantitative estimate of drug-likeness (QED) is 0.219. The lowest BCUT2D eigenvalue weighted by Crippen LogP contribution is -2.39. The molecule has 0 spiro atoms. The van der Waals surface area contributed by atoms with Crippen molar-refractivity contribution in [1.29, 1.82) is 0 Å². The lowest BCUT2D eigenvalue weighted by molar-refractivity contribution is -0.138. The zero-order valence-corrected chi connectivity index (χ0v) is 24.1. The molecule has 0 bridgehead atoms. The van der Waals surface area contributed by atoms with Gasteiger partial charge in [0.2, 0.25) is 0 Å². The Balaban J connectivity index is 1.42. The van der Waals surface area contributed by atoms with Gasteiger partial charge in [0.1, 0.15) is 18.2 Å². The minimum absolute atomic E-state index is 0.108. The molecule has 6 rings (SSSR count). The number of fused-ring (bicyclic) bond motifs is 1. The first-order valence-electron chi connectivity index (χ1n) is 13.8. The summed E-state index contributed by atoms with van der Waals surface area (Å²) < 4.78 is 27.3. The van der Waals surface area contributed by atoms with E-state index in [0.29, 0.717) is 31.9 Å². The third-order valence-corrected chi connectivity index (χ3v) is 8.00. The highest BCUT2D eigenvalue weighted by molar-refractivity contribution is 7.07. The van der Waals surface area contributed by atoms with Gasteiger partial charge in [-0.1, -0.05) is 102 Å². The van der Waals surface area contributed by atoms with Gasteiger partial charge in [0, 0.05) is 11.1 Å². The summed E-state index contributed by atoms with van der Waals surface area (Å²) in [5, 5.41) is 0. The summed E-state index contributed by atoms with van der Waals surface area (Å²) in [6, 6.07) is 31.9. The van der Waals surface area contributed by atoms with Gasteiger partial charge < -0.3 is 9.47 Å². The van der Waals surface area contributed by atoms with Gasteiger partial charge in [0.25, 0.3) is 5.56 Å². The maximum Gasteiger partial charge on any atom is 0.338 e. The highest BCUT2D eigenvalue weighted by Gasteiger charge is 2.35. The third-order valence-electron chi connectivity index (χ3n) is 7.02. The van der Waals surface area contributed by atoms with Gasteiger partial charge in [-0.25, -0.2) is 14.2 Å². The Morgan fingerprint density at radius 1 is 0.930 bits per heavy atom. The number of aromatic nitrogens is 1. The van der Waals surface area contributed by atoms with Crippen LogP contribution in [0.2, 0.25) is 0 Å². The minimum Gasteiger partial charge on any atom is -0.489 e.